The third kappa shape index (κ3) is 8.08. The lowest BCUT2D eigenvalue weighted by atomic mass is 9.89. The molecule has 1 fully saturated rings. The summed E-state index contributed by atoms with van der Waals surface area (Å²) in [6.45, 7) is 10.5. The molecule has 1 aliphatic rings. The fourth-order valence-corrected chi connectivity index (χ4v) is 3.82. The molecule has 0 saturated carbocycles. The number of Topliss-reactive ketones (excluding diaryl/α,β-unsaturated/α-hetero) is 1. The fraction of sp³-hybridized carbons (Fsp3) is 0.684. The molecule has 0 bridgehead atoms. The van der Waals surface area contributed by atoms with E-state index in [2.05, 4.69) is 19.5 Å². The van der Waals surface area contributed by atoms with Crippen molar-refractivity contribution < 1.29 is 9.59 Å². The van der Waals surface area contributed by atoms with Crippen LogP contribution in [0.3, 0.4) is 0 Å². The lowest BCUT2D eigenvalue weighted by molar-refractivity contribution is -0.127. The van der Waals surface area contributed by atoms with Crippen molar-refractivity contribution in [2.75, 3.05) is 32.1 Å². The summed E-state index contributed by atoms with van der Waals surface area (Å²) in [5.74, 6) is 0.847. The van der Waals surface area contributed by atoms with Gasteiger partial charge in [-0.2, -0.15) is 0 Å². The van der Waals surface area contributed by atoms with Crippen LogP contribution in [0, 0.1) is 11.3 Å². The zero-order valence-corrected chi connectivity index (χ0v) is 18.8. The number of piperidine rings is 1. The van der Waals surface area contributed by atoms with Crippen LogP contribution >= 0.6 is 32.4 Å². The number of allylic oxidation sites excluding steroid dienone is 3. The Labute approximate surface area is 169 Å². The maximum absolute atomic E-state index is 12.2. The monoisotopic (exact) mass is 420 g/mol. The van der Waals surface area contributed by atoms with Crippen LogP contribution in [0.2, 0.25) is 0 Å². The van der Waals surface area contributed by atoms with Gasteiger partial charge >= 0.3 is 0 Å². The van der Waals surface area contributed by atoms with Crippen LogP contribution in [-0.2, 0) is 9.59 Å². The molecule has 0 aromatic rings. The van der Waals surface area contributed by atoms with Crippen LogP contribution in [0.15, 0.2) is 22.8 Å². The van der Waals surface area contributed by atoms with Gasteiger partial charge in [-0.15, -0.1) is 20.8 Å². The Morgan fingerprint density at radius 2 is 2.00 bits per heavy atom. The first-order valence-corrected chi connectivity index (χ1v) is 10.5. The van der Waals surface area contributed by atoms with Crippen molar-refractivity contribution in [2.24, 2.45) is 11.3 Å². The summed E-state index contributed by atoms with van der Waals surface area (Å²) in [7, 11) is 2.87. The first-order chi connectivity index (χ1) is 12.0. The lowest BCUT2D eigenvalue weighted by Gasteiger charge is -2.37. The molecule has 1 amide bonds. The molecule has 148 valence electrons. The largest absolute Gasteiger partial charge is 0.352 e. The van der Waals surface area contributed by atoms with Gasteiger partial charge < -0.3 is 5.32 Å². The predicted octanol–water partition coefficient (Wildman–Crippen LogP) is 3.59. The van der Waals surface area contributed by atoms with Crippen LogP contribution in [0.4, 0.5) is 0 Å². The minimum absolute atomic E-state index is 0.117. The third-order valence-corrected chi connectivity index (χ3v) is 5.78. The van der Waals surface area contributed by atoms with Gasteiger partial charge in [0.15, 0.2) is 5.78 Å². The Hall–Kier alpha value is -0.410. The molecule has 1 N–H and O–H groups in total. The van der Waals surface area contributed by atoms with Crippen molar-refractivity contribution in [1.82, 2.24) is 10.2 Å². The highest BCUT2D eigenvalue weighted by atomic mass is 35.5. The zero-order chi connectivity index (χ0) is 19.9. The van der Waals surface area contributed by atoms with E-state index in [1.807, 2.05) is 20.8 Å². The molecule has 0 aromatic heterocycles. The van der Waals surface area contributed by atoms with Gasteiger partial charge in [0.1, 0.15) is 0 Å². The number of amides is 1. The van der Waals surface area contributed by atoms with Gasteiger partial charge in [-0.1, -0.05) is 38.4 Å². The second kappa shape index (κ2) is 10.8. The van der Waals surface area contributed by atoms with Gasteiger partial charge in [0.2, 0.25) is 5.91 Å². The number of nitrogens with one attached hydrogen (secondary N) is 1. The molecule has 4 nitrogen and oxygen atoms in total. The quantitative estimate of drug-likeness (QED) is 0.296. The summed E-state index contributed by atoms with van der Waals surface area (Å²) in [6, 6.07) is 0. The van der Waals surface area contributed by atoms with Crippen molar-refractivity contribution in [3.8, 4) is 0 Å². The summed E-state index contributed by atoms with van der Waals surface area (Å²) < 4.78 is 0. The smallest absolute Gasteiger partial charge is 0.246 e. The standard InChI is InChI=1S/C19H31Cl2N2O2P/c1-13(9-15(21)5-7-20)18(25)22-10-14-6-8-23(11-16(14)26)12-17(24)19(2,3)4/h5,9,14,16H,6-8,10-12,26H2,1-4H3,(H,22,25)/b13-9+,15-5+. The number of hydrogen-bond donors (Lipinski definition) is 1. The number of hydrogen-bond acceptors (Lipinski definition) is 3. The first kappa shape index (κ1) is 23.6. The van der Waals surface area contributed by atoms with Crippen molar-refractivity contribution >= 4 is 44.1 Å². The maximum Gasteiger partial charge on any atom is 0.246 e. The molecular formula is C19H31Cl2N2O2P. The highest BCUT2D eigenvalue weighted by Crippen LogP contribution is 2.25. The molecule has 26 heavy (non-hydrogen) atoms. The molecular weight excluding hydrogens is 390 g/mol. The normalized spacial score (nSPS) is 23.0. The molecule has 3 unspecified atom stereocenters. The number of carbonyl (C=O) groups excluding carboxylic acids is 2. The van der Waals surface area contributed by atoms with E-state index in [9.17, 15) is 9.59 Å². The van der Waals surface area contributed by atoms with E-state index in [1.54, 1.807) is 19.1 Å². The molecule has 1 saturated heterocycles. The summed E-state index contributed by atoms with van der Waals surface area (Å²) in [5.41, 5.74) is 0.607. The van der Waals surface area contributed by atoms with E-state index in [1.165, 1.54) is 0 Å². The SMILES string of the molecule is C/C(=C\C(Cl)=C/CCl)C(=O)NCC1CCN(CC(=O)C(C)(C)C)CC1P. The second-order valence-electron chi connectivity index (χ2n) is 7.90. The highest BCUT2D eigenvalue weighted by molar-refractivity contribution is 7.17. The van der Waals surface area contributed by atoms with Crippen LogP contribution in [0.1, 0.15) is 34.1 Å². The summed E-state index contributed by atoms with van der Waals surface area (Å²) in [6.07, 6.45) is 4.23. The lowest BCUT2D eigenvalue weighted by Crippen LogP contribution is -2.48. The van der Waals surface area contributed by atoms with Crippen molar-refractivity contribution in [2.45, 2.75) is 39.8 Å². The Morgan fingerprint density at radius 3 is 2.54 bits per heavy atom. The minimum Gasteiger partial charge on any atom is -0.352 e. The van der Waals surface area contributed by atoms with Crippen molar-refractivity contribution in [3.63, 3.8) is 0 Å². The Bertz CT molecular complexity index is 570. The van der Waals surface area contributed by atoms with Gasteiger partial charge in [-0.25, -0.2) is 0 Å². The molecule has 0 aromatic carbocycles. The average molecular weight is 421 g/mol. The van der Waals surface area contributed by atoms with Gasteiger partial charge in [0, 0.05) is 35.0 Å². The molecule has 0 spiro atoms. The fourth-order valence-electron chi connectivity index (χ4n) is 2.71. The number of ketones is 1. The van der Waals surface area contributed by atoms with E-state index >= 15 is 0 Å². The van der Waals surface area contributed by atoms with E-state index in [-0.39, 0.29) is 17.1 Å². The second-order valence-corrected chi connectivity index (χ2v) is 9.50. The molecule has 7 heteroatoms. The van der Waals surface area contributed by atoms with E-state index in [0.29, 0.717) is 41.2 Å². The number of likely N-dealkylation sites (tertiary alicyclic amines) is 1. The summed E-state index contributed by atoms with van der Waals surface area (Å²) in [5, 5.41) is 3.45. The van der Waals surface area contributed by atoms with Gasteiger partial charge in [-0.3, -0.25) is 14.5 Å². The van der Waals surface area contributed by atoms with Crippen LogP contribution in [-0.4, -0.2) is 54.3 Å². The molecule has 1 aliphatic heterocycles. The minimum atomic E-state index is -0.301. The molecule has 1 rings (SSSR count). The number of rotatable bonds is 7. The van der Waals surface area contributed by atoms with Crippen LogP contribution in [0.5, 0.6) is 0 Å². The van der Waals surface area contributed by atoms with Crippen LogP contribution < -0.4 is 5.32 Å². The van der Waals surface area contributed by atoms with E-state index < -0.39 is 0 Å². The average Bonchev–Trinajstić information content (AvgIpc) is 2.52. The molecule has 1 heterocycles. The van der Waals surface area contributed by atoms with E-state index in [4.69, 9.17) is 23.2 Å². The molecule has 3 atom stereocenters. The Balaban J connectivity index is 2.48. The topological polar surface area (TPSA) is 49.4 Å². The van der Waals surface area contributed by atoms with Gasteiger partial charge in [0.05, 0.1) is 6.54 Å². The van der Waals surface area contributed by atoms with Crippen molar-refractivity contribution in [1.29, 1.82) is 0 Å². The van der Waals surface area contributed by atoms with Crippen molar-refractivity contribution in [3.05, 3.63) is 22.8 Å². The zero-order valence-electron chi connectivity index (χ0n) is 16.1. The number of nitrogens with zero attached hydrogens (tertiary/aromatic N) is 1. The number of carbonyl (C=O) groups is 2. The summed E-state index contributed by atoms with van der Waals surface area (Å²) >= 11 is 11.6. The number of alkyl halides is 1. The third-order valence-electron chi connectivity index (χ3n) is 4.60. The van der Waals surface area contributed by atoms with Gasteiger partial charge in [-0.05, 0) is 37.5 Å². The summed E-state index contributed by atoms with van der Waals surface area (Å²) in [4.78, 5) is 26.6. The predicted molar refractivity (Wildman–Crippen MR) is 114 cm³/mol. The molecule has 0 radical (unpaired) electrons. The molecule has 0 aliphatic carbocycles. The maximum atomic E-state index is 12.2. The van der Waals surface area contributed by atoms with Crippen LogP contribution in [0.25, 0.3) is 0 Å². The van der Waals surface area contributed by atoms with E-state index in [0.717, 1.165) is 19.5 Å². The Kier molecular flexibility index (Phi) is 9.82. The number of halogens is 2. The Morgan fingerprint density at radius 1 is 1.35 bits per heavy atom. The van der Waals surface area contributed by atoms with Gasteiger partial charge in [0.25, 0.3) is 0 Å². The first-order valence-electron chi connectivity index (χ1n) is 8.94. The highest BCUT2D eigenvalue weighted by Gasteiger charge is 2.30.